The molecule has 0 amide bonds. The number of nitrogens with zero attached hydrogens (tertiary/aromatic N) is 1. The molecule has 78 valence electrons. The van der Waals surface area contributed by atoms with Gasteiger partial charge in [-0.3, -0.25) is 4.55 Å². The summed E-state index contributed by atoms with van der Waals surface area (Å²) in [7, 11) is -3.67. The minimum atomic E-state index is -3.67. The van der Waals surface area contributed by atoms with Gasteiger partial charge in [-0.2, -0.15) is 4.21 Å². The lowest BCUT2D eigenvalue weighted by atomic mass is 10.2. The summed E-state index contributed by atoms with van der Waals surface area (Å²) in [5.74, 6) is 0.0520. The van der Waals surface area contributed by atoms with Gasteiger partial charge in [0.2, 0.25) is 5.88 Å². The van der Waals surface area contributed by atoms with Crippen molar-refractivity contribution in [1.29, 1.82) is 0 Å². The quantitative estimate of drug-likeness (QED) is 0.868. The van der Waals surface area contributed by atoms with Gasteiger partial charge in [-0.15, -0.1) is 0 Å². The molecule has 15 heavy (non-hydrogen) atoms. The minimum Gasteiger partial charge on any atom is -0.361 e. The van der Waals surface area contributed by atoms with Crippen molar-refractivity contribution in [1.82, 2.24) is 4.98 Å². The van der Waals surface area contributed by atoms with Crippen molar-refractivity contribution in [3.63, 3.8) is 0 Å². The summed E-state index contributed by atoms with van der Waals surface area (Å²) in [6.07, 6.45) is 0. The summed E-state index contributed by atoms with van der Waals surface area (Å²) in [6.45, 7) is 0. The van der Waals surface area contributed by atoms with Crippen molar-refractivity contribution in [2.75, 3.05) is 0 Å². The Balaban J connectivity index is 2.48. The lowest BCUT2D eigenvalue weighted by Gasteiger charge is -2.03. The van der Waals surface area contributed by atoms with Gasteiger partial charge in [0.15, 0.2) is 0 Å². The number of hydrogen-bond donors (Lipinski definition) is 1. The molecule has 0 fully saturated rings. The van der Waals surface area contributed by atoms with Gasteiger partial charge in [0, 0.05) is 11.5 Å². The molecule has 0 saturated carbocycles. The summed E-state index contributed by atoms with van der Waals surface area (Å²) >= 11 is 4.21. The van der Waals surface area contributed by atoms with Crippen LogP contribution in [0.3, 0.4) is 0 Å². The number of aromatic nitrogens is 1. The van der Waals surface area contributed by atoms with Crippen LogP contribution in [0.1, 0.15) is 0 Å². The maximum atomic E-state index is 10.8. The molecule has 1 unspecified atom stereocenters. The molecule has 1 atom stereocenters. The highest BCUT2D eigenvalue weighted by Gasteiger charge is 2.04. The number of rotatable bonds is 2. The van der Waals surface area contributed by atoms with Gasteiger partial charge in [-0.1, -0.05) is 18.2 Å². The third-order valence-electron chi connectivity index (χ3n) is 1.76. The highest BCUT2D eigenvalue weighted by atomic mass is 32.9. The van der Waals surface area contributed by atoms with E-state index >= 15 is 0 Å². The van der Waals surface area contributed by atoms with E-state index < -0.39 is 9.05 Å². The summed E-state index contributed by atoms with van der Waals surface area (Å²) in [6, 6.07) is 10.6. The zero-order chi connectivity index (χ0) is 10.9. The topological polar surface area (TPSA) is 59.4 Å². The van der Waals surface area contributed by atoms with E-state index in [1.165, 1.54) is 6.07 Å². The first kappa shape index (κ1) is 10.3. The monoisotopic (exact) mass is 241 g/mol. The fourth-order valence-electron chi connectivity index (χ4n) is 1.20. The second-order valence-corrected chi connectivity index (χ2v) is 5.14. The molecular weight excluding hydrogens is 234 g/mol. The van der Waals surface area contributed by atoms with E-state index in [2.05, 4.69) is 20.4 Å². The van der Waals surface area contributed by atoms with Crippen molar-refractivity contribution in [3.05, 3.63) is 36.4 Å². The van der Waals surface area contributed by atoms with Gasteiger partial charge >= 0.3 is 9.05 Å². The average Bonchev–Trinajstić information content (AvgIpc) is 2.15. The van der Waals surface area contributed by atoms with E-state index in [0.717, 1.165) is 5.39 Å². The molecule has 2 aromatic rings. The van der Waals surface area contributed by atoms with E-state index in [4.69, 9.17) is 4.55 Å². The van der Waals surface area contributed by atoms with E-state index in [9.17, 15) is 4.21 Å². The van der Waals surface area contributed by atoms with Crippen LogP contribution in [0.4, 0.5) is 0 Å². The van der Waals surface area contributed by atoms with Gasteiger partial charge in [0.25, 0.3) is 0 Å². The molecule has 0 radical (unpaired) electrons. The first-order chi connectivity index (χ1) is 7.04. The Morgan fingerprint density at radius 3 is 2.73 bits per heavy atom. The lowest BCUT2D eigenvalue weighted by molar-refractivity contribution is 0.447. The third-order valence-corrected chi connectivity index (χ3v) is 2.35. The minimum absolute atomic E-state index is 0.0520. The van der Waals surface area contributed by atoms with E-state index in [1.54, 1.807) is 12.1 Å². The Morgan fingerprint density at radius 2 is 2.00 bits per heavy atom. The molecule has 0 bridgehead atoms. The Morgan fingerprint density at radius 1 is 1.27 bits per heavy atom. The molecule has 0 aliphatic carbocycles. The zero-order valence-electron chi connectivity index (χ0n) is 7.49. The number of fused-ring (bicyclic) bond motifs is 1. The Labute approximate surface area is 91.6 Å². The largest absolute Gasteiger partial charge is 0.361 e. The standard InChI is InChI=1S/C9H7NO3S2/c11-15(12,14)13-9-6-5-7-3-1-2-4-8(7)10-9/h1-6H,(H,11,12,14). The highest BCUT2D eigenvalue weighted by Crippen LogP contribution is 2.16. The number of pyridine rings is 1. The van der Waals surface area contributed by atoms with Crippen LogP contribution in [0.25, 0.3) is 10.9 Å². The first-order valence-electron chi connectivity index (χ1n) is 4.07. The zero-order valence-corrected chi connectivity index (χ0v) is 9.12. The van der Waals surface area contributed by atoms with Crippen LogP contribution < -0.4 is 4.18 Å². The second kappa shape index (κ2) is 3.73. The normalized spacial score (nSPS) is 14.7. The predicted octanol–water partition coefficient (Wildman–Crippen LogP) is 1.75. The fraction of sp³-hybridized carbons (Fsp3) is 0. The second-order valence-electron chi connectivity index (χ2n) is 2.85. The predicted molar refractivity (Wildman–Crippen MR) is 60.5 cm³/mol. The average molecular weight is 241 g/mol. The van der Waals surface area contributed by atoms with E-state index in [-0.39, 0.29) is 5.88 Å². The van der Waals surface area contributed by atoms with Crippen LogP contribution >= 0.6 is 0 Å². The Kier molecular flexibility index (Phi) is 2.56. The van der Waals surface area contributed by atoms with Crippen LogP contribution in [0.2, 0.25) is 0 Å². The first-order valence-corrected chi connectivity index (χ1v) is 6.44. The summed E-state index contributed by atoms with van der Waals surface area (Å²) in [5.41, 5.74) is 0.689. The molecule has 0 aliphatic rings. The van der Waals surface area contributed by atoms with Crippen LogP contribution in [0.15, 0.2) is 36.4 Å². The maximum absolute atomic E-state index is 10.8. The SMILES string of the molecule is O=S(O)(=S)Oc1ccc2ccccc2n1. The molecule has 0 aliphatic heterocycles. The van der Waals surface area contributed by atoms with Crippen LogP contribution in [-0.2, 0) is 20.2 Å². The number of para-hydroxylation sites is 1. The van der Waals surface area contributed by atoms with E-state index in [1.807, 2.05) is 18.2 Å². The molecule has 1 aromatic heterocycles. The van der Waals surface area contributed by atoms with E-state index in [0.29, 0.717) is 5.52 Å². The van der Waals surface area contributed by atoms with Crippen LogP contribution in [0, 0.1) is 0 Å². The van der Waals surface area contributed by atoms with Gasteiger partial charge in [0.05, 0.1) is 16.7 Å². The molecule has 1 N–H and O–H groups in total. The molecule has 0 spiro atoms. The molecule has 1 aromatic carbocycles. The molecule has 2 rings (SSSR count). The molecule has 1 heterocycles. The van der Waals surface area contributed by atoms with Crippen molar-refractivity contribution in [2.45, 2.75) is 0 Å². The fourth-order valence-corrected chi connectivity index (χ4v) is 1.72. The Bertz CT molecular complexity index is 595. The smallest absolute Gasteiger partial charge is 0.313 e. The summed E-state index contributed by atoms with van der Waals surface area (Å²) < 4.78 is 24.2. The van der Waals surface area contributed by atoms with Crippen LogP contribution in [-0.4, -0.2) is 13.7 Å². The molecule has 0 saturated heterocycles. The van der Waals surface area contributed by atoms with Crippen molar-refractivity contribution >= 4 is 31.1 Å². The highest BCUT2D eigenvalue weighted by molar-refractivity contribution is 8.27. The van der Waals surface area contributed by atoms with Gasteiger partial charge in [0.1, 0.15) is 0 Å². The number of benzene rings is 1. The van der Waals surface area contributed by atoms with Gasteiger partial charge in [-0.25, -0.2) is 4.98 Å². The van der Waals surface area contributed by atoms with Crippen molar-refractivity contribution < 1.29 is 12.9 Å². The Hall–Kier alpha value is -1.24. The maximum Gasteiger partial charge on any atom is 0.313 e. The van der Waals surface area contributed by atoms with Crippen LogP contribution in [0.5, 0.6) is 5.88 Å². The van der Waals surface area contributed by atoms with Crippen molar-refractivity contribution in [3.8, 4) is 5.88 Å². The summed E-state index contributed by atoms with van der Waals surface area (Å²) in [5, 5.41) is 0.929. The van der Waals surface area contributed by atoms with Gasteiger partial charge in [-0.05, 0) is 12.1 Å². The molecule has 6 heteroatoms. The molecule has 4 nitrogen and oxygen atoms in total. The molecular formula is C9H7NO3S2. The summed E-state index contributed by atoms with van der Waals surface area (Å²) in [4.78, 5) is 4.03. The van der Waals surface area contributed by atoms with Gasteiger partial charge < -0.3 is 4.18 Å². The third kappa shape index (κ3) is 2.62. The van der Waals surface area contributed by atoms with Crippen molar-refractivity contribution in [2.24, 2.45) is 0 Å². The number of hydrogen-bond acceptors (Lipinski definition) is 4. The lowest BCUT2D eigenvalue weighted by Crippen LogP contribution is -2.06.